The second-order valence-electron chi connectivity index (χ2n) is 11.6. The molecule has 200 valence electrons. The van der Waals surface area contributed by atoms with E-state index in [1.54, 1.807) is 5.57 Å². The number of unbranched alkanes of at least 4 members (excludes halogenated alkanes) is 19. The Bertz CT molecular complexity index is 488. The van der Waals surface area contributed by atoms with Crippen molar-refractivity contribution in [2.45, 2.75) is 188 Å². The lowest BCUT2D eigenvalue weighted by Crippen LogP contribution is -2.20. The number of hydrogen-bond donors (Lipinski definition) is 0. The predicted octanol–water partition coefficient (Wildman–Crippen LogP) is 12.7. The third-order valence-corrected chi connectivity index (χ3v) is 8.46. The molecule has 0 saturated heterocycles. The van der Waals surface area contributed by atoms with Crippen LogP contribution < -0.4 is 0 Å². The van der Waals surface area contributed by atoms with E-state index in [-0.39, 0.29) is 0 Å². The van der Waals surface area contributed by atoms with Crippen molar-refractivity contribution in [1.82, 2.24) is 0 Å². The summed E-state index contributed by atoms with van der Waals surface area (Å²) in [5, 5.41) is 0. The molecule has 0 saturated carbocycles. The lowest BCUT2D eigenvalue weighted by molar-refractivity contribution is 0.342. The number of rotatable bonds is 25. The first-order valence-electron chi connectivity index (χ1n) is 16.1. The highest BCUT2D eigenvalue weighted by Gasteiger charge is 2.34. The first-order chi connectivity index (χ1) is 16.7. The smallest absolute Gasteiger partial charge is 0.00996 e. The van der Waals surface area contributed by atoms with Gasteiger partial charge in [-0.1, -0.05) is 179 Å². The molecule has 0 amide bonds. The van der Waals surface area contributed by atoms with Gasteiger partial charge in [0.1, 0.15) is 0 Å². The van der Waals surface area contributed by atoms with Gasteiger partial charge in [-0.3, -0.25) is 0 Å². The van der Waals surface area contributed by atoms with Gasteiger partial charge >= 0.3 is 0 Å². The van der Waals surface area contributed by atoms with Crippen LogP contribution in [0.25, 0.3) is 0 Å². The van der Waals surface area contributed by atoms with E-state index in [1.165, 1.54) is 161 Å². The Kier molecular flexibility index (Phi) is 20.1. The van der Waals surface area contributed by atoms with Crippen LogP contribution in [0.4, 0.5) is 0 Å². The molecule has 1 aliphatic rings. The van der Waals surface area contributed by atoms with Gasteiger partial charge in [0.15, 0.2) is 0 Å². The summed E-state index contributed by atoms with van der Waals surface area (Å²) in [6.07, 6.45) is 40.8. The summed E-state index contributed by atoms with van der Waals surface area (Å²) in [4.78, 5) is 0. The summed E-state index contributed by atoms with van der Waals surface area (Å²) < 4.78 is 0. The Morgan fingerprint density at radius 1 is 0.471 bits per heavy atom. The largest absolute Gasteiger partial charge is 0.0740 e. The molecule has 0 N–H and O–H groups in total. The van der Waals surface area contributed by atoms with Crippen molar-refractivity contribution < 1.29 is 0 Å². The lowest BCUT2D eigenvalue weighted by Gasteiger charge is -2.33. The van der Waals surface area contributed by atoms with Crippen LogP contribution in [0.1, 0.15) is 188 Å². The van der Waals surface area contributed by atoms with E-state index in [0.29, 0.717) is 5.41 Å². The van der Waals surface area contributed by atoms with Gasteiger partial charge in [0.2, 0.25) is 0 Å². The average molecular weight is 473 g/mol. The second kappa shape index (κ2) is 21.7. The van der Waals surface area contributed by atoms with Crippen LogP contribution in [0.5, 0.6) is 0 Å². The minimum Gasteiger partial charge on any atom is -0.0740 e. The molecular formula is C34H64. The molecular weight excluding hydrogens is 408 g/mol. The molecule has 34 heavy (non-hydrogen) atoms. The van der Waals surface area contributed by atoms with Crippen molar-refractivity contribution in [3.8, 4) is 0 Å². The highest BCUT2D eigenvalue weighted by atomic mass is 14.4. The monoisotopic (exact) mass is 473 g/mol. The molecule has 0 nitrogen and oxygen atoms in total. The van der Waals surface area contributed by atoms with Crippen LogP contribution in [-0.4, -0.2) is 0 Å². The zero-order valence-corrected chi connectivity index (χ0v) is 24.3. The summed E-state index contributed by atoms with van der Waals surface area (Å²) in [5.41, 5.74) is 3.87. The zero-order chi connectivity index (χ0) is 24.7. The third kappa shape index (κ3) is 14.1. The Balaban J connectivity index is 2.50. The molecule has 0 spiro atoms. The number of hydrogen-bond acceptors (Lipinski definition) is 0. The van der Waals surface area contributed by atoms with Crippen LogP contribution in [0.2, 0.25) is 0 Å². The van der Waals surface area contributed by atoms with E-state index in [0.717, 1.165) is 0 Å². The second-order valence-corrected chi connectivity index (χ2v) is 11.6. The molecule has 1 rings (SSSR count). The highest BCUT2D eigenvalue weighted by molar-refractivity contribution is 5.40. The van der Waals surface area contributed by atoms with E-state index in [4.69, 9.17) is 0 Å². The summed E-state index contributed by atoms with van der Waals surface area (Å²) in [6, 6.07) is 0. The quantitative estimate of drug-likeness (QED) is 0.116. The first kappa shape index (κ1) is 31.5. The molecule has 0 bridgehead atoms. The zero-order valence-electron chi connectivity index (χ0n) is 24.3. The molecule has 0 radical (unpaired) electrons. The molecule has 0 aromatic rings. The maximum absolute atomic E-state index is 2.66. The summed E-state index contributed by atoms with van der Waals surface area (Å²) >= 11 is 0. The molecule has 0 fully saturated rings. The topological polar surface area (TPSA) is 0 Å². The summed E-state index contributed by atoms with van der Waals surface area (Å²) in [7, 11) is 0. The molecule has 0 aliphatic heterocycles. The maximum Gasteiger partial charge on any atom is 0.00996 e. The van der Waals surface area contributed by atoms with Gasteiger partial charge in [0.25, 0.3) is 0 Å². The van der Waals surface area contributed by atoms with Crippen LogP contribution >= 0.6 is 0 Å². The van der Waals surface area contributed by atoms with E-state index < -0.39 is 0 Å². The van der Waals surface area contributed by atoms with Crippen LogP contribution in [0, 0.1) is 5.41 Å². The van der Waals surface area contributed by atoms with Gasteiger partial charge < -0.3 is 0 Å². The molecule has 1 aliphatic carbocycles. The Morgan fingerprint density at radius 2 is 0.824 bits per heavy atom. The summed E-state index contributed by atoms with van der Waals surface area (Å²) in [5.74, 6) is 0. The Hall–Kier alpha value is -0.520. The van der Waals surface area contributed by atoms with Gasteiger partial charge in [0, 0.05) is 5.41 Å². The molecule has 0 aromatic heterocycles. The third-order valence-electron chi connectivity index (χ3n) is 8.46. The van der Waals surface area contributed by atoms with Gasteiger partial charge in [-0.2, -0.15) is 0 Å². The standard InChI is InChI=1S/C34H64/c1-5-8-11-14-17-19-22-25-29-34(30-26-23-20-18-15-12-9-6-2)31-28-32(4)33(34)27-24-21-16-13-10-7-3/h28,31H,5-27,29-30H2,1-4H3. The Labute approximate surface area is 216 Å². The van der Waals surface area contributed by atoms with E-state index in [2.05, 4.69) is 39.8 Å². The van der Waals surface area contributed by atoms with Gasteiger partial charge in [-0.05, 0) is 32.6 Å². The Morgan fingerprint density at radius 3 is 1.24 bits per heavy atom. The molecule has 0 heterocycles. The van der Waals surface area contributed by atoms with Crippen molar-refractivity contribution in [1.29, 1.82) is 0 Å². The highest BCUT2D eigenvalue weighted by Crippen LogP contribution is 2.48. The van der Waals surface area contributed by atoms with Crippen molar-refractivity contribution in [2.24, 2.45) is 5.41 Å². The fraction of sp³-hybridized carbons (Fsp3) is 0.882. The van der Waals surface area contributed by atoms with Crippen LogP contribution in [0.15, 0.2) is 23.3 Å². The van der Waals surface area contributed by atoms with Crippen molar-refractivity contribution >= 4 is 0 Å². The SMILES string of the molecule is CCCCCCCCCCC1(CCCCCCCCCC)C=CC(C)=C1CCCCCCCC. The normalized spacial score (nSPS) is 15.1. The minimum atomic E-state index is 0.415. The van der Waals surface area contributed by atoms with Gasteiger partial charge in [-0.15, -0.1) is 0 Å². The molecule has 0 unspecified atom stereocenters. The first-order valence-corrected chi connectivity index (χ1v) is 16.1. The molecule has 0 aromatic carbocycles. The lowest BCUT2D eigenvalue weighted by atomic mass is 9.72. The minimum absolute atomic E-state index is 0.415. The van der Waals surface area contributed by atoms with Gasteiger partial charge in [0.05, 0.1) is 0 Å². The van der Waals surface area contributed by atoms with E-state index in [1.807, 2.05) is 5.57 Å². The summed E-state index contributed by atoms with van der Waals surface area (Å²) in [6.45, 7) is 9.37. The fourth-order valence-corrected chi connectivity index (χ4v) is 6.15. The maximum atomic E-state index is 2.66. The van der Waals surface area contributed by atoms with Crippen molar-refractivity contribution in [3.63, 3.8) is 0 Å². The number of allylic oxidation sites excluding steroid dienone is 4. The predicted molar refractivity (Wildman–Crippen MR) is 157 cm³/mol. The average Bonchev–Trinajstić information content (AvgIpc) is 3.15. The van der Waals surface area contributed by atoms with Crippen LogP contribution in [0.3, 0.4) is 0 Å². The fourth-order valence-electron chi connectivity index (χ4n) is 6.15. The van der Waals surface area contributed by atoms with Crippen molar-refractivity contribution in [2.75, 3.05) is 0 Å². The van der Waals surface area contributed by atoms with E-state index >= 15 is 0 Å². The molecule has 0 heteroatoms. The van der Waals surface area contributed by atoms with Crippen LogP contribution in [-0.2, 0) is 0 Å². The van der Waals surface area contributed by atoms with E-state index in [9.17, 15) is 0 Å². The van der Waals surface area contributed by atoms with Crippen molar-refractivity contribution in [3.05, 3.63) is 23.3 Å². The van der Waals surface area contributed by atoms with Gasteiger partial charge in [-0.25, -0.2) is 0 Å². The molecule has 0 atom stereocenters.